The van der Waals surface area contributed by atoms with Gasteiger partial charge in [-0.05, 0) is 59.0 Å². The van der Waals surface area contributed by atoms with E-state index in [0.29, 0.717) is 0 Å². The van der Waals surface area contributed by atoms with Crippen molar-refractivity contribution < 1.29 is 4.39 Å². The van der Waals surface area contributed by atoms with E-state index in [9.17, 15) is 4.39 Å². The second kappa shape index (κ2) is 4.26. The third-order valence-electron chi connectivity index (χ3n) is 2.98. The molecule has 17 heavy (non-hydrogen) atoms. The lowest BCUT2D eigenvalue weighted by Crippen LogP contribution is -1.99. The highest BCUT2D eigenvalue weighted by Crippen LogP contribution is 2.32. The molecule has 0 atom stereocenters. The van der Waals surface area contributed by atoms with Crippen LogP contribution in [0.2, 0.25) is 0 Å². The van der Waals surface area contributed by atoms with E-state index in [2.05, 4.69) is 21.0 Å². The second-order valence-corrected chi connectivity index (χ2v) is 5.35. The Morgan fingerprint density at radius 1 is 1.29 bits per heavy atom. The van der Waals surface area contributed by atoms with Gasteiger partial charge in [-0.2, -0.15) is 5.10 Å². The summed E-state index contributed by atoms with van der Waals surface area (Å²) in [5.74, 6) is 0.574. The van der Waals surface area contributed by atoms with Gasteiger partial charge in [0.1, 0.15) is 11.5 Å². The van der Waals surface area contributed by atoms with Crippen LogP contribution >= 0.6 is 15.9 Å². The van der Waals surface area contributed by atoms with E-state index in [1.165, 1.54) is 25.0 Å². The molecular formula is C13H12BrFN2. The minimum absolute atomic E-state index is 0.220. The molecule has 2 aromatic rings. The molecule has 4 heteroatoms. The first-order valence-corrected chi connectivity index (χ1v) is 6.50. The van der Waals surface area contributed by atoms with Gasteiger partial charge in [-0.25, -0.2) is 4.39 Å². The fourth-order valence-electron chi connectivity index (χ4n) is 1.86. The van der Waals surface area contributed by atoms with Gasteiger partial charge in [0.15, 0.2) is 0 Å². The van der Waals surface area contributed by atoms with Crippen molar-refractivity contribution in [3.63, 3.8) is 0 Å². The maximum atomic E-state index is 12.9. The summed E-state index contributed by atoms with van der Waals surface area (Å²) in [4.78, 5) is 0. The number of aromatic nitrogens is 2. The lowest BCUT2D eigenvalue weighted by atomic mass is 10.1. The zero-order chi connectivity index (χ0) is 11.8. The molecule has 1 aromatic carbocycles. The van der Waals surface area contributed by atoms with E-state index in [0.717, 1.165) is 28.2 Å². The Morgan fingerprint density at radius 2 is 2.00 bits per heavy atom. The molecule has 0 spiro atoms. The minimum Gasteiger partial charge on any atom is -0.271 e. The van der Waals surface area contributed by atoms with Gasteiger partial charge < -0.3 is 0 Å². The third-order valence-corrected chi connectivity index (χ3v) is 3.56. The number of rotatable bonds is 3. The predicted octanol–water partition coefficient (Wildman–Crippen LogP) is 3.86. The standard InChI is InChI=1S/C13H12BrFN2/c14-12-8-17(7-9-1-2-9)16-13(12)10-3-5-11(15)6-4-10/h3-6,8-9H,1-2,7H2. The van der Waals surface area contributed by atoms with Gasteiger partial charge in [0.25, 0.3) is 0 Å². The van der Waals surface area contributed by atoms with Crippen LogP contribution in [0.1, 0.15) is 12.8 Å². The number of hydrogen-bond donors (Lipinski definition) is 0. The molecule has 1 saturated carbocycles. The molecule has 3 rings (SSSR count). The molecule has 0 N–H and O–H groups in total. The fourth-order valence-corrected chi connectivity index (χ4v) is 2.40. The van der Waals surface area contributed by atoms with Crippen molar-refractivity contribution in [2.45, 2.75) is 19.4 Å². The van der Waals surface area contributed by atoms with Gasteiger partial charge in [-0.1, -0.05) is 0 Å². The van der Waals surface area contributed by atoms with Gasteiger partial charge in [-0.15, -0.1) is 0 Å². The normalized spacial score (nSPS) is 15.2. The zero-order valence-electron chi connectivity index (χ0n) is 9.24. The first-order chi connectivity index (χ1) is 8.22. The van der Waals surface area contributed by atoms with Gasteiger partial charge in [0.2, 0.25) is 0 Å². The molecular weight excluding hydrogens is 283 g/mol. The van der Waals surface area contributed by atoms with Crippen molar-refractivity contribution in [3.8, 4) is 11.3 Å². The van der Waals surface area contributed by atoms with Crippen molar-refractivity contribution in [2.75, 3.05) is 0 Å². The Labute approximate surface area is 108 Å². The van der Waals surface area contributed by atoms with Crippen LogP contribution in [0.15, 0.2) is 34.9 Å². The number of hydrogen-bond acceptors (Lipinski definition) is 1. The molecule has 0 amide bonds. The summed E-state index contributed by atoms with van der Waals surface area (Å²) in [6, 6.07) is 6.43. The summed E-state index contributed by atoms with van der Waals surface area (Å²) in [5.41, 5.74) is 1.82. The van der Waals surface area contributed by atoms with Crippen LogP contribution < -0.4 is 0 Å². The van der Waals surface area contributed by atoms with Crippen molar-refractivity contribution in [3.05, 3.63) is 40.8 Å². The second-order valence-electron chi connectivity index (χ2n) is 4.50. The van der Waals surface area contributed by atoms with E-state index in [4.69, 9.17) is 0 Å². The van der Waals surface area contributed by atoms with Gasteiger partial charge in [-0.3, -0.25) is 4.68 Å². The lowest BCUT2D eigenvalue weighted by molar-refractivity contribution is 0.564. The molecule has 1 aliphatic carbocycles. The highest BCUT2D eigenvalue weighted by Gasteiger charge is 2.22. The molecule has 0 saturated heterocycles. The average molecular weight is 295 g/mol. The van der Waals surface area contributed by atoms with Crippen molar-refractivity contribution >= 4 is 15.9 Å². The topological polar surface area (TPSA) is 17.8 Å². The maximum absolute atomic E-state index is 12.9. The molecule has 0 bridgehead atoms. The van der Waals surface area contributed by atoms with E-state index >= 15 is 0 Å². The van der Waals surface area contributed by atoms with Crippen LogP contribution in [0.5, 0.6) is 0 Å². The predicted molar refractivity (Wildman–Crippen MR) is 68.0 cm³/mol. The number of nitrogens with zero attached hydrogens (tertiary/aromatic N) is 2. The van der Waals surface area contributed by atoms with Crippen LogP contribution in [0.4, 0.5) is 4.39 Å². The third kappa shape index (κ3) is 2.41. The largest absolute Gasteiger partial charge is 0.271 e. The molecule has 88 valence electrons. The van der Waals surface area contributed by atoms with Crippen molar-refractivity contribution in [2.24, 2.45) is 5.92 Å². The summed E-state index contributed by atoms with van der Waals surface area (Å²) in [7, 11) is 0. The molecule has 0 unspecified atom stereocenters. The highest BCUT2D eigenvalue weighted by atomic mass is 79.9. The molecule has 0 aliphatic heterocycles. The first-order valence-electron chi connectivity index (χ1n) is 5.71. The summed E-state index contributed by atoms with van der Waals surface area (Å²) in [6.07, 6.45) is 4.61. The lowest BCUT2D eigenvalue weighted by Gasteiger charge is -1.99. The SMILES string of the molecule is Fc1ccc(-c2nn(CC3CC3)cc2Br)cc1. The Kier molecular flexibility index (Phi) is 2.74. The first kappa shape index (κ1) is 11.0. The summed E-state index contributed by atoms with van der Waals surface area (Å²) < 4.78 is 15.8. The van der Waals surface area contributed by atoms with E-state index in [-0.39, 0.29) is 5.82 Å². The van der Waals surface area contributed by atoms with E-state index in [1.54, 1.807) is 12.1 Å². The smallest absolute Gasteiger partial charge is 0.123 e. The van der Waals surface area contributed by atoms with Crippen LogP contribution in [0.3, 0.4) is 0 Å². The van der Waals surface area contributed by atoms with Crippen molar-refractivity contribution in [1.29, 1.82) is 0 Å². The molecule has 1 aromatic heterocycles. The van der Waals surface area contributed by atoms with Gasteiger partial charge in [0.05, 0.1) is 4.47 Å². The molecule has 0 radical (unpaired) electrons. The monoisotopic (exact) mass is 294 g/mol. The van der Waals surface area contributed by atoms with E-state index in [1.807, 2.05) is 10.9 Å². The van der Waals surface area contributed by atoms with Gasteiger partial charge >= 0.3 is 0 Å². The summed E-state index contributed by atoms with van der Waals surface area (Å²) >= 11 is 3.51. The Bertz CT molecular complexity index is 529. The van der Waals surface area contributed by atoms with Crippen LogP contribution in [-0.2, 0) is 6.54 Å². The van der Waals surface area contributed by atoms with Crippen LogP contribution in [-0.4, -0.2) is 9.78 Å². The molecule has 1 aliphatic rings. The summed E-state index contributed by atoms with van der Waals surface area (Å²) in [6.45, 7) is 0.986. The minimum atomic E-state index is -0.220. The zero-order valence-corrected chi connectivity index (χ0v) is 10.8. The van der Waals surface area contributed by atoms with Gasteiger partial charge in [0, 0.05) is 18.3 Å². The Balaban J connectivity index is 1.90. The Morgan fingerprint density at radius 3 is 2.65 bits per heavy atom. The average Bonchev–Trinajstić information content (AvgIpc) is 3.03. The molecule has 1 fully saturated rings. The number of halogens is 2. The molecule has 1 heterocycles. The quantitative estimate of drug-likeness (QED) is 0.840. The summed E-state index contributed by atoms with van der Waals surface area (Å²) in [5, 5.41) is 4.54. The highest BCUT2D eigenvalue weighted by molar-refractivity contribution is 9.10. The maximum Gasteiger partial charge on any atom is 0.123 e. The molecule has 2 nitrogen and oxygen atoms in total. The fraction of sp³-hybridized carbons (Fsp3) is 0.308. The van der Waals surface area contributed by atoms with Crippen LogP contribution in [0.25, 0.3) is 11.3 Å². The van der Waals surface area contributed by atoms with E-state index < -0.39 is 0 Å². The van der Waals surface area contributed by atoms with Crippen molar-refractivity contribution in [1.82, 2.24) is 9.78 Å². The van der Waals surface area contributed by atoms with Crippen LogP contribution in [0, 0.1) is 11.7 Å². The number of benzene rings is 1. The Hall–Kier alpha value is -1.16.